The summed E-state index contributed by atoms with van der Waals surface area (Å²) in [5.74, 6) is -11.4. The Kier molecular flexibility index (Phi) is 18.6. The largest absolute Gasteiger partial charge is 0.481 e. The molecule has 0 saturated carbocycles. The van der Waals surface area contributed by atoms with Crippen molar-refractivity contribution >= 4 is 59.1 Å². The second kappa shape index (κ2) is 22.5. The lowest BCUT2D eigenvalue weighted by atomic mass is 10.0. The molecule has 1 aromatic rings. The minimum Gasteiger partial charge on any atom is -0.481 e. The molecule has 0 aliphatic carbocycles. The van der Waals surface area contributed by atoms with E-state index < -0.39 is 133 Å². The van der Waals surface area contributed by atoms with Crippen LogP contribution in [-0.4, -0.2) is 133 Å². The molecule has 24 heteroatoms. The van der Waals surface area contributed by atoms with Crippen LogP contribution in [0, 0.1) is 11.8 Å². The van der Waals surface area contributed by atoms with Gasteiger partial charge in [-0.3, -0.25) is 52.6 Å². The van der Waals surface area contributed by atoms with Crippen molar-refractivity contribution in [2.24, 2.45) is 23.3 Å². The van der Waals surface area contributed by atoms with Gasteiger partial charge < -0.3 is 58.9 Å². The van der Waals surface area contributed by atoms with Crippen molar-refractivity contribution in [3.8, 4) is 0 Å². The van der Waals surface area contributed by atoms with Gasteiger partial charge in [-0.05, 0) is 32.1 Å². The number of carbonyl (C=O) groups is 10. The minimum atomic E-state index is -1.82. The van der Waals surface area contributed by atoms with Crippen LogP contribution in [0.1, 0.15) is 72.4 Å². The maximum absolute atomic E-state index is 13.5. The van der Waals surface area contributed by atoms with Gasteiger partial charge in [0.15, 0.2) is 0 Å². The number of fused-ring (bicyclic) bond motifs is 2. The van der Waals surface area contributed by atoms with Crippen LogP contribution < -0.4 is 48.7 Å². The zero-order valence-electron chi connectivity index (χ0n) is 32.9. The number of nitrogens with one attached hydrogen (secondary N) is 7. The first-order valence-electron chi connectivity index (χ1n) is 18.5. The number of hydrogen-bond acceptors (Lipinski definition) is 13. The van der Waals surface area contributed by atoms with E-state index >= 15 is 0 Å². The summed E-state index contributed by atoms with van der Waals surface area (Å²) in [5.41, 5.74) is 11.0. The Morgan fingerprint density at radius 1 is 0.810 bits per heavy atom. The van der Waals surface area contributed by atoms with Crippen molar-refractivity contribution in [2.45, 2.75) is 122 Å². The molecule has 0 saturated heterocycles. The Morgan fingerprint density at radius 3 is 1.97 bits per heavy atom. The smallest absolute Gasteiger partial charge is 0.305 e. The molecule has 0 aromatic carbocycles. The Labute approximate surface area is 333 Å². The fourth-order valence-electron chi connectivity index (χ4n) is 5.47. The average Bonchev–Trinajstić information content (AvgIpc) is 3.58. The predicted octanol–water partition coefficient (Wildman–Crippen LogP) is -5.44. The number of rotatable bonds is 9. The van der Waals surface area contributed by atoms with E-state index in [1.807, 2.05) is 0 Å². The number of aliphatic hydroxyl groups excluding tert-OH is 1. The highest BCUT2D eigenvalue weighted by Gasteiger charge is 2.35. The lowest BCUT2D eigenvalue weighted by Gasteiger charge is -2.27. The number of primary amides is 2. The van der Waals surface area contributed by atoms with Crippen LogP contribution in [0.3, 0.4) is 0 Å². The number of carboxylic acid groups (broad SMARTS) is 1. The van der Waals surface area contributed by atoms with Crippen LogP contribution in [0.4, 0.5) is 0 Å². The lowest BCUT2D eigenvalue weighted by molar-refractivity contribution is -0.141. The summed E-state index contributed by atoms with van der Waals surface area (Å²) in [6, 6.07) is -10.6. The van der Waals surface area contributed by atoms with E-state index in [4.69, 9.17) is 11.5 Å². The van der Waals surface area contributed by atoms with Crippen LogP contribution in [0.2, 0.25) is 0 Å². The van der Waals surface area contributed by atoms with E-state index in [9.17, 15) is 58.2 Å². The van der Waals surface area contributed by atoms with E-state index in [1.54, 1.807) is 27.7 Å². The van der Waals surface area contributed by atoms with Gasteiger partial charge >= 0.3 is 5.97 Å². The third kappa shape index (κ3) is 15.4. The van der Waals surface area contributed by atoms with Crippen LogP contribution in [0.25, 0.3) is 0 Å². The zero-order valence-corrected chi connectivity index (χ0v) is 32.9. The van der Waals surface area contributed by atoms with Gasteiger partial charge in [-0.25, -0.2) is 0 Å². The van der Waals surface area contributed by atoms with E-state index in [1.165, 1.54) is 17.8 Å². The molecule has 0 radical (unpaired) electrons. The molecule has 0 fully saturated rings. The summed E-state index contributed by atoms with van der Waals surface area (Å²) >= 11 is 0. The standard InChI is InChI=1S/C34H54N12O12/c1-15(2)26-34(58)37-17(5)29(53)40-21(11-24(35)48)31(55)41-22(12-25(49)50)32(56)38-19(27(36)51)8-6-7-9-46-13-18(44-45-46)10-20(39-28(52)16(3)4)30(54)42-23(14-47)33(57)43-26/h13,15-17,19-23,26,47H,6-12,14H2,1-5H3,(H2,35,48)(H2,36,51)(H,37,58)(H,38,56)(H,39,52)(H,40,53)(H,41,55)(H,42,54)(H,43,57)(H,49,50)/t17-,19+,20-,21+,22-,23-,26-/m1/s1. The third-order valence-corrected chi connectivity index (χ3v) is 8.81. The molecule has 1 aliphatic rings. The molecule has 0 spiro atoms. The maximum atomic E-state index is 13.5. The highest BCUT2D eigenvalue weighted by Crippen LogP contribution is 2.09. The normalized spacial score (nSPS) is 25.2. The fourth-order valence-corrected chi connectivity index (χ4v) is 5.47. The van der Waals surface area contributed by atoms with Crippen LogP contribution in [-0.2, 0) is 60.9 Å². The zero-order chi connectivity index (χ0) is 43.9. The first-order valence-corrected chi connectivity index (χ1v) is 18.5. The molecule has 24 nitrogen and oxygen atoms in total. The van der Waals surface area contributed by atoms with E-state index in [2.05, 4.69) is 47.5 Å². The van der Waals surface area contributed by atoms with Crippen molar-refractivity contribution in [1.29, 1.82) is 0 Å². The number of carboxylic acids is 1. The Balaban J connectivity index is 2.52. The quantitative estimate of drug-likeness (QED) is 0.111. The number of aromatic nitrogens is 3. The Morgan fingerprint density at radius 2 is 1.40 bits per heavy atom. The second-order valence-corrected chi connectivity index (χ2v) is 14.4. The molecular weight excluding hydrogens is 768 g/mol. The number of hydrogen-bond donors (Lipinski definition) is 11. The molecule has 322 valence electrons. The highest BCUT2D eigenvalue weighted by molar-refractivity contribution is 5.99. The fraction of sp³-hybridized carbons (Fsp3) is 0.647. The molecule has 0 unspecified atom stereocenters. The number of carbonyl (C=O) groups excluding carboxylic acids is 9. The number of aliphatic carboxylic acids is 1. The van der Waals surface area contributed by atoms with Crippen molar-refractivity contribution in [1.82, 2.24) is 52.2 Å². The minimum absolute atomic E-state index is 0.0267. The van der Waals surface area contributed by atoms with Gasteiger partial charge in [0.25, 0.3) is 0 Å². The van der Waals surface area contributed by atoms with Crippen molar-refractivity contribution in [2.75, 3.05) is 6.61 Å². The monoisotopic (exact) mass is 822 g/mol. The third-order valence-electron chi connectivity index (χ3n) is 8.81. The second-order valence-electron chi connectivity index (χ2n) is 14.4. The molecule has 2 bridgehead atoms. The van der Waals surface area contributed by atoms with E-state index in [-0.39, 0.29) is 31.5 Å². The Bertz CT molecular complexity index is 1700. The Hall–Kier alpha value is -6.20. The summed E-state index contributed by atoms with van der Waals surface area (Å²) in [6.45, 7) is 6.80. The van der Waals surface area contributed by atoms with Gasteiger partial charge in [-0.1, -0.05) is 32.9 Å². The molecule has 1 aromatic heterocycles. The molecule has 1 aliphatic heterocycles. The van der Waals surface area contributed by atoms with Crippen molar-refractivity contribution < 1.29 is 58.2 Å². The number of aliphatic hydroxyl groups is 1. The first kappa shape index (κ1) is 48.0. The van der Waals surface area contributed by atoms with Gasteiger partial charge in [0.1, 0.15) is 42.3 Å². The number of nitrogens with zero attached hydrogens (tertiary/aromatic N) is 3. The summed E-state index contributed by atoms with van der Waals surface area (Å²) in [5, 5.41) is 44.1. The van der Waals surface area contributed by atoms with Crippen molar-refractivity contribution in [3.63, 3.8) is 0 Å². The van der Waals surface area contributed by atoms with Crippen LogP contribution >= 0.6 is 0 Å². The molecule has 58 heavy (non-hydrogen) atoms. The van der Waals surface area contributed by atoms with Gasteiger partial charge in [-0.15, -0.1) is 5.10 Å². The van der Waals surface area contributed by atoms with E-state index in [0.717, 1.165) is 0 Å². The maximum Gasteiger partial charge on any atom is 0.305 e. The predicted molar refractivity (Wildman–Crippen MR) is 199 cm³/mol. The molecule has 2 rings (SSSR count). The van der Waals surface area contributed by atoms with Gasteiger partial charge in [0, 0.05) is 25.1 Å². The lowest BCUT2D eigenvalue weighted by Crippen LogP contribution is -2.61. The van der Waals surface area contributed by atoms with Crippen LogP contribution in [0.5, 0.6) is 0 Å². The SMILES string of the molecule is CC(C)C(=O)N[C@@H]1Cc2cn(nn2)CCCC[C@@H](C(N)=O)NC(=O)[C@@H](CC(=O)O)NC(=O)[C@H](CC(N)=O)NC(=O)[C@@H](C)NC(=O)[C@@H](C(C)C)NC(=O)[C@@H](CO)NC1=O. The topological polar surface area (TPSA) is 378 Å². The number of aryl methyl sites for hydroxylation is 1. The van der Waals surface area contributed by atoms with Gasteiger partial charge in [0.2, 0.25) is 53.2 Å². The molecule has 9 amide bonds. The van der Waals surface area contributed by atoms with Crippen molar-refractivity contribution in [3.05, 3.63) is 11.9 Å². The van der Waals surface area contributed by atoms with Crippen LogP contribution in [0.15, 0.2) is 6.20 Å². The molecule has 13 N–H and O–H groups in total. The summed E-state index contributed by atoms with van der Waals surface area (Å²) < 4.78 is 1.42. The highest BCUT2D eigenvalue weighted by atomic mass is 16.4. The van der Waals surface area contributed by atoms with Gasteiger partial charge in [0.05, 0.1) is 25.1 Å². The summed E-state index contributed by atoms with van der Waals surface area (Å²) in [7, 11) is 0. The molecule has 2 heterocycles. The molecular formula is C34H54N12O12. The summed E-state index contributed by atoms with van der Waals surface area (Å²) in [6.07, 6.45) is 0.0853. The number of nitrogens with two attached hydrogens (primary N) is 2. The molecule has 7 atom stereocenters. The van der Waals surface area contributed by atoms with Gasteiger partial charge in [-0.2, -0.15) is 0 Å². The summed E-state index contributed by atoms with van der Waals surface area (Å²) in [4.78, 5) is 128. The first-order chi connectivity index (χ1) is 27.1. The number of amides is 9. The van der Waals surface area contributed by atoms with E-state index in [0.29, 0.717) is 6.42 Å². The average molecular weight is 823 g/mol.